The van der Waals surface area contributed by atoms with Gasteiger partial charge in [0, 0.05) is 18.0 Å². The van der Waals surface area contributed by atoms with Crippen molar-refractivity contribution in [1.82, 2.24) is 15.0 Å². The third-order valence-electron chi connectivity index (χ3n) is 5.22. The first kappa shape index (κ1) is 15.8. The van der Waals surface area contributed by atoms with Crippen molar-refractivity contribution in [3.8, 4) is 0 Å². The molecule has 2 fully saturated rings. The van der Waals surface area contributed by atoms with E-state index in [4.69, 9.17) is 9.26 Å². The van der Waals surface area contributed by atoms with Crippen molar-refractivity contribution >= 4 is 0 Å². The van der Waals surface area contributed by atoms with Crippen LogP contribution in [0.4, 0.5) is 0 Å². The molecular formula is C19H25N3O2. The summed E-state index contributed by atoms with van der Waals surface area (Å²) in [6.07, 6.45) is 3.71. The third kappa shape index (κ3) is 2.98. The van der Waals surface area contributed by atoms with Crippen LogP contribution in [0.1, 0.15) is 62.3 Å². The highest BCUT2D eigenvalue weighted by molar-refractivity contribution is 5.24. The number of hydrogen-bond acceptors (Lipinski definition) is 5. The largest absolute Gasteiger partial charge is 0.369 e. The van der Waals surface area contributed by atoms with Crippen molar-refractivity contribution in [3.63, 3.8) is 0 Å². The second-order valence-corrected chi connectivity index (χ2v) is 7.12. The van der Waals surface area contributed by atoms with E-state index in [2.05, 4.69) is 45.4 Å². The van der Waals surface area contributed by atoms with Gasteiger partial charge in [-0.05, 0) is 45.2 Å². The Kier molecular flexibility index (Phi) is 4.37. The predicted molar refractivity (Wildman–Crippen MR) is 90.5 cm³/mol. The van der Waals surface area contributed by atoms with E-state index in [1.165, 1.54) is 24.9 Å². The molecule has 5 heteroatoms. The first-order valence-electron chi connectivity index (χ1n) is 8.97. The monoisotopic (exact) mass is 327 g/mol. The topological polar surface area (TPSA) is 51.4 Å². The molecule has 2 aliphatic rings. The van der Waals surface area contributed by atoms with Gasteiger partial charge >= 0.3 is 0 Å². The summed E-state index contributed by atoms with van der Waals surface area (Å²) in [7, 11) is 0. The quantitative estimate of drug-likeness (QED) is 0.838. The summed E-state index contributed by atoms with van der Waals surface area (Å²) in [6, 6.07) is 11.8. The van der Waals surface area contributed by atoms with Crippen molar-refractivity contribution in [2.45, 2.75) is 63.8 Å². The minimum atomic E-state index is 0.166. The Morgan fingerprint density at radius 3 is 2.92 bits per heavy atom. The highest BCUT2D eigenvalue weighted by atomic mass is 16.5. The Bertz CT molecular complexity index is 670. The molecule has 0 radical (unpaired) electrons. The van der Waals surface area contributed by atoms with Crippen molar-refractivity contribution in [2.75, 3.05) is 6.54 Å². The van der Waals surface area contributed by atoms with Gasteiger partial charge in [0.05, 0.1) is 6.10 Å². The SMILES string of the molecule is CC(C)OCc1nc([C@@H]2C[C@H](c3ccccc3)N3CCC[C@@H]23)no1. The van der Waals surface area contributed by atoms with Gasteiger partial charge in [0.25, 0.3) is 5.89 Å². The van der Waals surface area contributed by atoms with Crippen LogP contribution in [0.2, 0.25) is 0 Å². The average molecular weight is 327 g/mol. The number of rotatable bonds is 5. The maximum absolute atomic E-state index is 5.57. The van der Waals surface area contributed by atoms with Crippen molar-refractivity contribution in [3.05, 3.63) is 47.6 Å². The van der Waals surface area contributed by atoms with Gasteiger partial charge in [-0.2, -0.15) is 4.98 Å². The Morgan fingerprint density at radius 2 is 2.12 bits per heavy atom. The molecule has 3 heterocycles. The molecule has 2 aliphatic heterocycles. The molecule has 24 heavy (non-hydrogen) atoms. The summed E-state index contributed by atoms with van der Waals surface area (Å²) in [5, 5.41) is 4.27. The molecule has 128 valence electrons. The van der Waals surface area contributed by atoms with Gasteiger partial charge in [0.15, 0.2) is 5.82 Å². The minimum absolute atomic E-state index is 0.166. The summed E-state index contributed by atoms with van der Waals surface area (Å²) in [5.41, 5.74) is 1.40. The number of nitrogens with zero attached hydrogens (tertiary/aromatic N) is 3. The number of ether oxygens (including phenoxy) is 1. The number of benzene rings is 1. The molecule has 3 atom stereocenters. The average Bonchev–Trinajstić information content (AvgIpc) is 3.29. The van der Waals surface area contributed by atoms with Crippen LogP contribution in [0.5, 0.6) is 0 Å². The Hall–Kier alpha value is -1.72. The van der Waals surface area contributed by atoms with E-state index >= 15 is 0 Å². The number of fused-ring (bicyclic) bond motifs is 1. The summed E-state index contributed by atoms with van der Waals surface area (Å²) in [5.74, 6) is 1.80. The van der Waals surface area contributed by atoms with Crippen LogP contribution in [-0.4, -0.2) is 33.7 Å². The lowest BCUT2D eigenvalue weighted by molar-refractivity contribution is 0.0485. The molecule has 2 saturated heterocycles. The van der Waals surface area contributed by atoms with Crippen LogP contribution in [0.15, 0.2) is 34.9 Å². The van der Waals surface area contributed by atoms with E-state index in [1.54, 1.807) is 0 Å². The van der Waals surface area contributed by atoms with Gasteiger partial charge in [-0.1, -0.05) is 35.5 Å². The van der Waals surface area contributed by atoms with Crippen LogP contribution in [0.25, 0.3) is 0 Å². The van der Waals surface area contributed by atoms with Crippen LogP contribution in [-0.2, 0) is 11.3 Å². The number of hydrogen-bond donors (Lipinski definition) is 0. The molecule has 0 amide bonds. The zero-order valence-corrected chi connectivity index (χ0v) is 14.4. The fraction of sp³-hybridized carbons (Fsp3) is 0.579. The maximum atomic E-state index is 5.57. The summed E-state index contributed by atoms with van der Waals surface area (Å²) < 4.78 is 11.0. The van der Waals surface area contributed by atoms with E-state index in [-0.39, 0.29) is 6.10 Å². The minimum Gasteiger partial charge on any atom is -0.369 e. The van der Waals surface area contributed by atoms with E-state index in [0.717, 1.165) is 12.2 Å². The highest BCUT2D eigenvalue weighted by Crippen LogP contribution is 2.48. The molecule has 5 nitrogen and oxygen atoms in total. The first-order valence-corrected chi connectivity index (χ1v) is 8.97. The van der Waals surface area contributed by atoms with Gasteiger partial charge in [0.1, 0.15) is 6.61 Å². The molecule has 0 aliphatic carbocycles. The zero-order valence-electron chi connectivity index (χ0n) is 14.4. The van der Waals surface area contributed by atoms with Gasteiger partial charge in [-0.15, -0.1) is 0 Å². The second kappa shape index (κ2) is 6.65. The van der Waals surface area contributed by atoms with Gasteiger partial charge in [-0.25, -0.2) is 0 Å². The molecule has 4 rings (SSSR count). The Morgan fingerprint density at radius 1 is 1.29 bits per heavy atom. The Balaban J connectivity index is 1.53. The van der Waals surface area contributed by atoms with Gasteiger partial charge in [0.2, 0.25) is 0 Å². The number of aromatic nitrogens is 2. The van der Waals surface area contributed by atoms with Crippen LogP contribution in [0.3, 0.4) is 0 Å². The zero-order chi connectivity index (χ0) is 16.5. The second-order valence-electron chi connectivity index (χ2n) is 7.12. The molecule has 0 N–H and O–H groups in total. The summed E-state index contributed by atoms with van der Waals surface area (Å²) in [4.78, 5) is 7.26. The highest BCUT2D eigenvalue weighted by Gasteiger charge is 2.46. The molecular weight excluding hydrogens is 302 g/mol. The third-order valence-corrected chi connectivity index (χ3v) is 5.22. The van der Waals surface area contributed by atoms with E-state index in [1.807, 2.05) is 13.8 Å². The molecule has 0 spiro atoms. The fourth-order valence-electron chi connectivity index (χ4n) is 4.16. The standard InChI is InChI=1S/C19H25N3O2/c1-13(2)23-12-18-20-19(21-24-18)15-11-17(14-7-4-3-5-8-14)22-10-6-9-16(15)22/h3-5,7-8,13,15-17H,6,9-12H2,1-2H3/t15-,16+,17-/m1/s1. The summed E-state index contributed by atoms with van der Waals surface area (Å²) in [6.45, 7) is 5.58. The van der Waals surface area contributed by atoms with Gasteiger partial charge in [-0.3, -0.25) is 4.90 Å². The first-order chi connectivity index (χ1) is 11.7. The van der Waals surface area contributed by atoms with E-state index in [9.17, 15) is 0 Å². The molecule has 0 unspecified atom stereocenters. The predicted octanol–water partition coefficient (Wildman–Crippen LogP) is 3.69. The Labute approximate surface area is 143 Å². The van der Waals surface area contributed by atoms with E-state index < -0.39 is 0 Å². The molecule has 0 saturated carbocycles. The van der Waals surface area contributed by atoms with E-state index in [0.29, 0.717) is 30.5 Å². The maximum Gasteiger partial charge on any atom is 0.252 e. The van der Waals surface area contributed by atoms with Crippen LogP contribution >= 0.6 is 0 Å². The fourth-order valence-corrected chi connectivity index (χ4v) is 4.16. The lowest BCUT2D eigenvalue weighted by atomic mass is 9.94. The van der Waals surface area contributed by atoms with Gasteiger partial charge < -0.3 is 9.26 Å². The smallest absolute Gasteiger partial charge is 0.252 e. The lowest BCUT2D eigenvalue weighted by Gasteiger charge is -2.24. The normalized spacial score (nSPS) is 27.0. The molecule has 2 aromatic rings. The van der Waals surface area contributed by atoms with Crippen molar-refractivity contribution < 1.29 is 9.26 Å². The molecule has 0 bridgehead atoms. The van der Waals surface area contributed by atoms with Crippen LogP contribution in [0, 0.1) is 0 Å². The lowest BCUT2D eigenvalue weighted by Crippen LogP contribution is -2.27. The molecule has 1 aromatic heterocycles. The molecule has 1 aromatic carbocycles. The van der Waals surface area contributed by atoms with Crippen molar-refractivity contribution in [1.29, 1.82) is 0 Å². The summed E-state index contributed by atoms with van der Waals surface area (Å²) >= 11 is 0. The van der Waals surface area contributed by atoms with Crippen molar-refractivity contribution in [2.24, 2.45) is 0 Å². The van der Waals surface area contributed by atoms with Crippen LogP contribution < -0.4 is 0 Å².